The zero-order chi connectivity index (χ0) is 18.8. The molecule has 2 aliphatic heterocycles. The van der Waals surface area contributed by atoms with Crippen LogP contribution in [0, 0.1) is 5.92 Å². The van der Waals surface area contributed by atoms with E-state index in [-0.39, 0.29) is 17.7 Å². The molecule has 0 aromatic heterocycles. The van der Waals surface area contributed by atoms with Crippen LogP contribution in [0.2, 0.25) is 5.02 Å². The highest BCUT2D eigenvalue weighted by Gasteiger charge is 2.38. The highest BCUT2D eigenvalue weighted by molar-refractivity contribution is 6.31. The standard InChI is InChI=1S/C20H26ClN3O3/c21-15-5-6-18(23-7-9-27-10-8-23)17(12-15)22-20(26)14-11-19(25)24(13-14)16-3-1-2-4-16/h5-6,12,14,16H,1-4,7-11,13H2,(H,22,26)/t14-/m0/s1. The van der Waals surface area contributed by atoms with E-state index >= 15 is 0 Å². The number of morpholine rings is 1. The number of likely N-dealkylation sites (tertiary alicyclic amines) is 1. The smallest absolute Gasteiger partial charge is 0.229 e. The van der Waals surface area contributed by atoms with E-state index in [1.54, 1.807) is 6.07 Å². The number of halogens is 1. The Morgan fingerprint density at radius 2 is 1.93 bits per heavy atom. The van der Waals surface area contributed by atoms with Crippen molar-refractivity contribution in [3.8, 4) is 0 Å². The van der Waals surface area contributed by atoms with E-state index in [1.807, 2.05) is 17.0 Å². The van der Waals surface area contributed by atoms with Crippen molar-refractivity contribution in [2.75, 3.05) is 43.1 Å². The summed E-state index contributed by atoms with van der Waals surface area (Å²) in [6.07, 6.45) is 4.79. The predicted molar refractivity (Wildman–Crippen MR) is 105 cm³/mol. The fourth-order valence-electron chi connectivity index (χ4n) is 4.40. The van der Waals surface area contributed by atoms with Gasteiger partial charge in [0.15, 0.2) is 0 Å². The van der Waals surface area contributed by atoms with Crippen LogP contribution in [0.15, 0.2) is 18.2 Å². The molecule has 3 fully saturated rings. The predicted octanol–water partition coefficient (Wildman–Crippen LogP) is 2.91. The summed E-state index contributed by atoms with van der Waals surface area (Å²) >= 11 is 6.17. The SMILES string of the molecule is O=C(Nc1cc(Cl)ccc1N1CCOCC1)[C@H]1CC(=O)N(C2CCCC2)C1. The molecule has 1 N–H and O–H groups in total. The summed E-state index contributed by atoms with van der Waals surface area (Å²) in [6, 6.07) is 5.89. The maximum atomic E-state index is 12.9. The topological polar surface area (TPSA) is 61.9 Å². The van der Waals surface area contributed by atoms with Crippen LogP contribution in [0.3, 0.4) is 0 Å². The number of benzene rings is 1. The van der Waals surface area contributed by atoms with Crippen molar-refractivity contribution < 1.29 is 14.3 Å². The first kappa shape index (κ1) is 18.6. The van der Waals surface area contributed by atoms with Gasteiger partial charge in [-0.05, 0) is 31.0 Å². The van der Waals surface area contributed by atoms with Gasteiger partial charge in [-0.3, -0.25) is 9.59 Å². The van der Waals surface area contributed by atoms with Crippen LogP contribution in [0.4, 0.5) is 11.4 Å². The Labute approximate surface area is 164 Å². The number of hydrogen-bond donors (Lipinski definition) is 1. The molecule has 1 aromatic rings. The van der Waals surface area contributed by atoms with Crippen LogP contribution in [0.1, 0.15) is 32.1 Å². The molecule has 1 atom stereocenters. The summed E-state index contributed by atoms with van der Waals surface area (Å²) in [6.45, 7) is 3.43. The Kier molecular flexibility index (Phi) is 5.55. The Hall–Kier alpha value is -1.79. The second-order valence-electron chi connectivity index (χ2n) is 7.64. The maximum absolute atomic E-state index is 12.9. The lowest BCUT2D eigenvalue weighted by atomic mass is 10.1. The van der Waals surface area contributed by atoms with E-state index in [4.69, 9.17) is 16.3 Å². The molecule has 27 heavy (non-hydrogen) atoms. The second-order valence-corrected chi connectivity index (χ2v) is 8.07. The lowest BCUT2D eigenvalue weighted by Crippen LogP contribution is -2.37. The van der Waals surface area contributed by atoms with E-state index in [2.05, 4.69) is 10.2 Å². The summed E-state index contributed by atoms with van der Waals surface area (Å²) in [5, 5.41) is 3.62. The van der Waals surface area contributed by atoms with E-state index in [1.165, 1.54) is 12.8 Å². The monoisotopic (exact) mass is 391 g/mol. The maximum Gasteiger partial charge on any atom is 0.229 e. The second kappa shape index (κ2) is 8.07. The molecule has 1 aromatic carbocycles. The molecular formula is C20H26ClN3O3. The van der Waals surface area contributed by atoms with Gasteiger partial charge in [0.2, 0.25) is 11.8 Å². The van der Waals surface area contributed by atoms with Gasteiger partial charge in [0.25, 0.3) is 0 Å². The molecular weight excluding hydrogens is 366 g/mol. The molecule has 3 aliphatic rings. The van der Waals surface area contributed by atoms with E-state index in [0.29, 0.717) is 42.9 Å². The number of rotatable bonds is 4. The van der Waals surface area contributed by atoms with Gasteiger partial charge in [-0.2, -0.15) is 0 Å². The Morgan fingerprint density at radius 3 is 2.67 bits per heavy atom. The summed E-state index contributed by atoms with van der Waals surface area (Å²) in [4.78, 5) is 29.4. The summed E-state index contributed by atoms with van der Waals surface area (Å²) in [7, 11) is 0. The molecule has 2 heterocycles. The average molecular weight is 392 g/mol. The van der Waals surface area contributed by atoms with Gasteiger partial charge in [-0.25, -0.2) is 0 Å². The number of anilines is 2. The quantitative estimate of drug-likeness (QED) is 0.857. The number of ether oxygens (including phenoxy) is 1. The van der Waals surface area contributed by atoms with Crippen LogP contribution in [-0.4, -0.2) is 55.6 Å². The first-order chi connectivity index (χ1) is 13.1. The summed E-state index contributed by atoms with van der Waals surface area (Å²) in [5.41, 5.74) is 1.66. The van der Waals surface area contributed by atoms with Crippen LogP contribution in [0.25, 0.3) is 0 Å². The third-order valence-corrected chi connectivity index (χ3v) is 6.10. The molecule has 0 spiro atoms. The Bertz CT molecular complexity index is 714. The van der Waals surface area contributed by atoms with Crippen molar-refractivity contribution in [3.63, 3.8) is 0 Å². The zero-order valence-corrected chi connectivity index (χ0v) is 16.2. The van der Waals surface area contributed by atoms with Crippen molar-refractivity contribution in [2.45, 2.75) is 38.1 Å². The molecule has 6 nitrogen and oxygen atoms in total. The number of carbonyl (C=O) groups excluding carboxylic acids is 2. The molecule has 7 heteroatoms. The van der Waals surface area contributed by atoms with Gasteiger partial charge < -0.3 is 19.9 Å². The average Bonchev–Trinajstić information content (AvgIpc) is 3.32. The van der Waals surface area contributed by atoms with Crippen LogP contribution in [-0.2, 0) is 14.3 Å². The first-order valence-corrected chi connectivity index (χ1v) is 10.2. The van der Waals surface area contributed by atoms with Gasteiger partial charge in [0.1, 0.15) is 0 Å². The minimum absolute atomic E-state index is 0.0966. The van der Waals surface area contributed by atoms with Crippen molar-refractivity contribution in [2.24, 2.45) is 5.92 Å². The normalized spacial score (nSPS) is 23.9. The van der Waals surface area contributed by atoms with Gasteiger partial charge in [0.05, 0.1) is 30.5 Å². The van der Waals surface area contributed by atoms with Gasteiger partial charge >= 0.3 is 0 Å². The Balaban J connectivity index is 1.46. The van der Waals surface area contributed by atoms with Crippen molar-refractivity contribution in [1.82, 2.24) is 4.90 Å². The van der Waals surface area contributed by atoms with Gasteiger partial charge in [-0.15, -0.1) is 0 Å². The lowest BCUT2D eigenvalue weighted by molar-refractivity contribution is -0.129. The van der Waals surface area contributed by atoms with Crippen LogP contribution in [0.5, 0.6) is 0 Å². The highest BCUT2D eigenvalue weighted by atomic mass is 35.5. The van der Waals surface area contributed by atoms with Gasteiger partial charge in [0, 0.05) is 37.1 Å². The van der Waals surface area contributed by atoms with Crippen LogP contribution < -0.4 is 10.2 Å². The van der Waals surface area contributed by atoms with Gasteiger partial charge in [-0.1, -0.05) is 24.4 Å². The van der Waals surface area contributed by atoms with Crippen molar-refractivity contribution in [3.05, 3.63) is 23.2 Å². The molecule has 146 valence electrons. The largest absolute Gasteiger partial charge is 0.378 e. The molecule has 2 saturated heterocycles. The van der Waals surface area contributed by atoms with E-state index in [0.717, 1.165) is 31.6 Å². The highest BCUT2D eigenvalue weighted by Crippen LogP contribution is 2.33. The van der Waals surface area contributed by atoms with E-state index in [9.17, 15) is 9.59 Å². The zero-order valence-electron chi connectivity index (χ0n) is 15.5. The van der Waals surface area contributed by atoms with Crippen molar-refractivity contribution >= 4 is 34.8 Å². The minimum atomic E-state index is -0.297. The number of carbonyl (C=O) groups is 2. The molecule has 2 amide bonds. The molecule has 0 unspecified atom stereocenters. The van der Waals surface area contributed by atoms with E-state index < -0.39 is 0 Å². The lowest BCUT2D eigenvalue weighted by Gasteiger charge is -2.31. The summed E-state index contributed by atoms with van der Waals surface area (Å²) in [5.74, 6) is -0.281. The fraction of sp³-hybridized carbons (Fsp3) is 0.600. The molecule has 1 aliphatic carbocycles. The number of nitrogens with zero attached hydrogens (tertiary/aromatic N) is 2. The molecule has 4 rings (SSSR count). The molecule has 0 bridgehead atoms. The Morgan fingerprint density at radius 1 is 1.19 bits per heavy atom. The first-order valence-electron chi connectivity index (χ1n) is 9.84. The number of amides is 2. The fourth-order valence-corrected chi connectivity index (χ4v) is 4.57. The third-order valence-electron chi connectivity index (χ3n) is 5.86. The number of nitrogens with one attached hydrogen (secondary N) is 1. The summed E-state index contributed by atoms with van der Waals surface area (Å²) < 4.78 is 5.42. The third kappa shape index (κ3) is 4.06. The minimum Gasteiger partial charge on any atom is -0.378 e. The van der Waals surface area contributed by atoms with Crippen LogP contribution >= 0.6 is 11.6 Å². The molecule has 0 radical (unpaired) electrons. The number of hydrogen-bond acceptors (Lipinski definition) is 4. The van der Waals surface area contributed by atoms with Crippen molar-refractivity contribution in [1.29, 1.82) is 0 Å². The molecule has 1 saturated carbocycles.